The number of rotatable bonds is 2. The molecule has 1 aromatic carbocycles. The van der Waals surface area contributed by atoms with Gasteiger partial charge in [0.05, 0.1) is 0 Å². The number of amides is 2. The van der Waals surface area contributed by atoms with E-state index in [9.17, 15) is 4.79 Å². The van der Waals surface area contributed by atoms with Gasteiger partial charge in [0, 0.05) is 54.3 Å². The van der Waals surface area contributed by atoms with Crippen LogP contribution >= 0.6 is 23.2 Å². The summed E-state index contributed by atoms with van der Waals surface area (Å²) in [5.41, 5.74) is 0.585. The van der Waals surface area contributed by atoms with Gasteiger partial charge in [0.2, 0.25) is 5.95 Å². The second-order valence-corrected chi connectivity index (χ2v) is 5.98. The average molecular weight is 352 g/mol. The van der Waals surface area contributed by atoms with Crippen LogP contribution in [0, 0.1) is 0 Å². The van der Waals surface area contributed by atoms with Gasteiger partial charge in [0.1, 0.15) is 0 Å². The molecule has 0 aliphatic carbocycles. The Kier molecular flexibility index (Phi) is 4.83. The summed E-state index contributed by atoms with van der Waals surface area (Å²) in [4.78, 5) is 24.6. The lowest BCUT2D eigenvalue weighted by Gasteiger charge is -2.34. The smallest absolute Gasteiger partial charge is 0.321 e. The highest BCUT2D eigenvalue weighted by atomic mass is 35.5. The largest absolute Gasteiger partial charge is 0.337 e. The number of nitrogens with zero attached hydrogens (tertiary/aromatic N) is 4. The van der Waals surface area contributed by atoms with Gasteiger partial charge in [-0.25, -0.2) is 14.8 Å². The van der Waals surface area contributed by atoms with Crippen LogP contribution in [0.3, 0.4) is 0 Å². The van der Waals surface area contributed by atoms with Crippen LogP contribution in [0.5, 0.6) is 0 Å². The minimum Gasteiger partial charge on any atom is -0.337 e. The van der Waals surface area contributed by atoms with Crippen LogP contribution in [0.4, 0.5) is 16.4 Å². The summed E-state index contributed by atoms with van der Waals surface area (Å²) in [5.74, 6) is 0.689. The number of benzene rings is 1. The SMILES string of the molecule is O=C(Nc1cc(Cl)cc(Cl)c1)N1CCN(c2ncccn2)CC1. The Bertz CT molecular complexity index is 669. The van der Waals surface area contributed by atoms with Crippen molar-refractivity contribution in [3.63, 3.8) is 0 Å². The highest BCUT2D eigenvalue weighted by molar-refractivity contribution is 6.35. The molecule has 3 rings (SSSR count). The van der Waals surface area contributed by atoms with E-state index in [4.69, 9.17) is 23.2 Å². The number of anilines is 2. The van der Waals surface area contributed by atoms with E-state index in [0.29, 0.717) is 47.9 Å². The number of carbonyl (C=O) groups is 1. The minimum atomic E-state index is -0.169. The van der Waals surface area contributed by atoms with Crippen LogP contribution in [0.1, 0.15) is 0 Å². The van der Waals surface area contributed by atoms with Crippen molar-refractivity contribution < 1.29 is 4.79 Å². The number of halogens is 2. The predicted molar refractivity (Wildman–Crippen MR) is 91.3 cm³/mol. The van der Waals surface area contributed by atoms with Gasteiger partial charge in [-0.05, 0) is 24.3 Å². The lowest BCUT2D eigenvalue weighted by molar-refractivity contribution is 0.208. The maximum atomic E-state index is 12.3. The molecule has 0 bridgehead atoms. The zero-order chi connectivity index (χ0) is 16.2. The monoisotopic (exact) mass is 351 g/mol. The van der Waals surface area contributed by atoms with Gasteiger partial charge >= 0.3 is 6.03 Å². The van der Waals surface area contributed by atoms with Crippen LogP contribution in [0.2, 0.25) is 10.0 Å². The maximum Gasteiger partial charge on any atom is 0.321 e. The first-order valence-electron chi connectivity index (χ1n) is 7.16. The molecular weight excluding hydrogens is 337 g/mol. The topological polar surface area (TPSA) is 61.4 Å². The summed E-state index contributed by atoms with van der Waals surface area (Å²) in [7, 11) is 0. The summed E-state index contributed by atoms with van der Waals surface area (Å²) < 4.78 is 0. The molecule has 120 valence electrons. The Hall–Kier alpha value is -2.05. The van der Waals surface area contributed by atoms with E-state index >= 15 is 0 Å². The van der Waals surface area contributed by atoms with Crippen molar-refractivity contribution in [1.29, 1.82) is 0 Å². The van der Waals surface area contributed by atoms with E-state index in [0.717, 1.165) is 0 Å². The average Bonchev–Trinajstić information content (AvgIpc) is 2.55. The van der Waals surface area contributed by atoms with E-state index in [1.165, 1.54) is 0 Å². The number of carbonyl (C=O) groups excluding carboxylic acids is 1. The van der Waals surface area contributed by atoms with Crippen molar-refractivity contribution >= 4 is 40.9 Å². The van der Waals surface area contributed by atoms with Gasteiger partial charge in [-0.2, -0.15) is 0 Å². The number of hydrogen-bond donors (Lipinski definition) is 1. The first kappa shape index (κ1) is 15.8. The molecular formula is C15H15Cl2N5O. The fourth-order valence-electron chi connectivity index (χ4n) is 2.39. The molecule has 2 amide bonds. The quantitative estimate of drug-likeness (QED) is 0.902. The van der Waals surface area contributed by atoms with Crippen molar-refractivity contribution in [1.82, 2.24) is 14.9 Å². The number of urea groups is 1. The zero-order valence-corrected chi connectivity index (χ0v) is 13.8. The number of nitrogens with one attached hydrogen (secondary N) is 1. The number of hydrogen-bond acceptors (Lipinski definition) is 4. The molecule has 1 aliphatic rings. The van der Waals surface area contributed by atoms with Crippen LogP contribution < -0.4 is 10.2 Å². The summed E-state index contributed by atoms with van der Waals surface area (Å²) in [5, 5.41) is 3.79. The van der Waals surface area contributed by atoms with Crippen molar-refractivity contribution in [2.45, 2.75) is 0 Å². The third kappa shape index (κ3) is 4.03. The number of piperazine rings is 1. The van der Waals surface area contributed by atoms with Crippen molar-refractivity contribution in [3.8, 4) is 0 Å². The van der Waals surface area contributed by atoms with Crippen LogP contribution in [0.15, 0.2) is 36.7 Å². The van der Waals surface area contributed by atoms with E-state index in [1.54, 1.807) is 41.6 Å². The Labute approximate surface area is 144 Å². The van der Waals surface area contributed by atoms with Crippen LogP contribution in [-0.2, 0) is 0 Å². The predicted octanol–water partition coefficient (Wildman–Crippen LogP) is 3.14. The van der Waals surface area contributed by atoms with Gasteiger partial charge in [0.15, 0.2) is 0 Å². The lowest BCUT2D eigenvalue weighted by atomic mass is 10.3. The highest BCUT2D eigenvalue weighted by Crippen LogP contribution is 2.23. The molecule has 1 aromatic heterocycles. The summed E-state index contributed by atoms with van der Waals surface area (Å²) in [6, 6.07) is 6.57. The van der Waals surface area contributed by atoms with Crippen molar-refractivity contribution in [3.05, 3.63) is 46.7 Å². The van der Waals surface area contributed by atoms with Gasteiger partial charge in [0.25, 0.3) is 0 Å². The maximum absolute atomic E-state index is 12.3. The van der Waals surface area contributed by atoms with Gasteiger partial charge < -0.3 is 15.1 Å². The fraction of sp³-hybridized carbons (Fsp3) is 0.267. The molecule has 23 heavy (non-hydrogen) atoms. The van der Waals surface area contributed by atoms with Crippen molar-refractivity contribution in [2.24, 2.45) is 0 Å². The second-order valence-electron chi connectivity index (χ2n) is 5.11. The minimum absolute atomic E-state index is 0.169. The fourth-order valence-corrected chi connectivity index (χ4v) is 2.92. The van der Waals surface area contributed by atoms with Crippen molar-refractivity contribution in [2.75, 3.05) is 36.4 Å². The Balaban J connectivity index is 1.58. The molecule has 0 radical (unpaired) electrons. The molecule has 0 saturated carbocycles. The van der Waals surface area contributed by atoms with Crippen LogP contribution in [-0.4, -0.2) is 47.1 Å². The lowest BCUT2D eigenvalue weighted by Crippen LogP contribution is -2.50. The first-order valence-corrected chi connectivity index (χ1v) is 7.91. The van der Waals surface area contributed by atoms with E-state index in [-0.39, 0.29) is 6.03 Å². The van der Waals surface area contributed by atoms with Gasteiger partial charge in [-0.3, -0.25) is 0 Å². The Morgan fingerprint density at radius 2 is 1.61 bits per heavy atom. The van der Waals surface area contributed by atoms with E-state index in [2.05, 4.69) is 20.2 Å². The molecule has 1 aliphatic heterocycles. The highest BCUT2D eigenvalue weighted by Gasteiger charge is 2.22. The van der Waals surface area contributed by atoms with Gasteiger partial charge in [-0.15, -0.1) is 0 Å². The molecule has 0 atom stereocenters. The second kappa shape index (κ2) is 7.02. The number of aromatic nitrogens is 2. The molecule has 2 aromatic rings. The Morgan fingerprint density at radius 1 is 1.00 bits per heavy atom. The molecule has 1 N–H and O–H groups in total. The molecule has 1 saturated heterocycles. The standard InChI is InChI=1S/C15H15Cl2N5O/c16-11-8-12(17)10-13(9-11)20-15(23)22-6-4-21(5-7-22)14-18-2-1-3-19-14/h1-3,8-10H,4-7H2,(H,20,23). The summed E-state index contributed by atoms with van der Waals surface area (Å²) in [6.07, 6.45) is 3.43. The summed E-state index contributed by atoms with van der Waals surface area (Å²) >= 11 is 11.9. The first-order chi connectivity index (χ1) is 11.1. The third-order valence-electron chi connectivity index (χ3n) is 3.52. The molecule has 6 nitrogen and oxygen atoms in total. The van der Waals surface area contributed by atoms with E-state index in [1.807, 2.05) is 0 Å². The zero-order valence-electron chi connectivity index (χ0n) is 12.2. The third-order valence-corrected chi connectivity index (χ3v) is 3.95. The summed E-state index contributed by atoms with van der Waals surface area (Å²) in [6.45, 7) is 2.57. The molecule has 0 spiro atoms. The Morgan fingerprint density at radius 3 is 2.22 bits per heavy atom. The van der Waals surface area contributed by atoms with Crippen LogP contribution in [0.25, 0.3) is 0 Å². The van der Waals surface area contributed by atoms with E-state index < -0.39 is 0 Å². The van der Waals surface area contributed by atoms with Gasteiger partial charge in [-0.1, -0.05) is 23.2 Å². The molecule has 1 fully saturated rings. The molecule has 8 heteroatoms. The molecule has 2 heterocycles. The normalized spacial score (nSPS) is 14.7. The molecule has 0 unspecified atom stereocenters.